The average molecular weight is 657 g/mol. The maximum atomic E-state index is 12.0. The molecule has 0 atom stereocenters. The first-order chi connectivity index (χ1) is 24.0. The van der Waals surface area contributed by atoms with Gasteiger partial charge in [-0.3, -0.25) is 4.90 Å². The van der Waals surface area contributed by atoms with E-state index < -0.39 is 0 Å². The fourth-order valence-corrected chi connectivity index (χ4v) is 6.61. The molecule has 2 aromatic heterocycles. The molecule has 7 rings (SSSR count). The molecular weight excluding hydrogens is 613 g/mol. The topological polar surface area (TPSA) is 54.2 Å². The predicted octanol–water partition coefficient (Wildman–Crippen LogP) is 11.6. The fraction of sp³-hybridized carbons (Fsp3) is 0.200. The summed E-state index contributed by atoms with van der Waals surface area (Å²) in [4.78, 5) is 12.3. The molecule has 0 radical (unpaired) electrons. The number of phenols is 1. The minimum Gasteiger partial charge on any atom is -0.507 e. The van der Waals surface area contributed by atoms with Crippen LogP contribution >= 0.6 is 0 Å². The van der Waals surface area contributed by atoms with E-state index in [-0.39, 0.29) is 16.6 Å². The Hall–Kier alpha value is -5.68. The third-order valence-corrected chi connectivity index (χ3v) is 9.30. The van der Waals surface area contributed by atoms with Gasteiger partial charge in [0, 0.05) is 35.2 Å². The normalized spacial score (nSPS) is 12.0. The fourth-order valence-electron chi connectivity index (χ4n) is 6.61. The summed E-state index contributed by atoms with van der Waals surface area (Å²) < 4.78 is 2.26. The molecule has 0 fully saturated rings. The highest BCUT2D eigenvalue weighted by atomic mass is 16.3. The molecule has 250 valence electrons. The van der Waals surface area contributed by atoms with Crippen LogP contribution in [-0.2, 0) is 17.4 Å². The predicted molar refractivity (Wildman–Crippen MR) is 208 cm³/mol. The van der Waals surface area contributed by atoms with Crippen LogP contribution in [0.15, 0.2) is 140 Å². The van der Waals surface area contributed by atoms with Crippen molar-refractivity contribution >= 4 is 28.2 Å². The van der Waals surface area contributed by atoms with Crippen molar-refractivity contribution in [2.75, 3.05) is 4.90 Å². The van der Waals surface area contributed by atoms with Gasteiger partial charge in [0.25, 0.3) is 0 Å². The lowest BCUT2D eigenvalue weighted by atomic mass is 9.79. The van der Waals surface area contributed by atoms with Crippen molar-refractivity contribution in [3.63, 3.8) is 0 Å². The first-order valence-electron chi connectivity index (χ1n) is 17.3. The summed E-state index contributed by atoms with van der Waals surface area (Å²) >= 11 is 0. The van der Waals surface area contributed by atoms with Crippen LogP contribution in [0.1, 0.15) is 58.2 Å². The molecule has 0 saturated carbocycles. The Balaban J connectivity index is 1.46. The van der Waals surface area contributed by atoms with Gasteiger partial charge in [-0.15, -0.1) is 0 Å². The second kappa shape index (κ2) is 13.0. The maximum absolute atomic E-state index is 12.0. The third-order valence-electron chi connectivity index (χ3n) is 9.30. The summed E-state index contributed by atoms with van der Waals surface area (Å²) in [6.07, 6.45) is 1.83. The van der Waals surface area contributed by atoms with E-state index >= 15 is 0 Å². The molecule has 0 aliphatic heterocycles. The van der Waals surface area contributed by atoms with E-state index in [1.165, 1.54) is 0 Å². The second-order valence-electron chi connectivity index (χ2n) is 15.0. The molecule has 0 saturated heterocycles. The van der Waals surface area contributed by atoms with Crippen molar-refractivity contribution in [2.45, 2.75) is 58.9 Å². The molecule has 0 bridgehead atoms. The summed E-state index contributed by atoms with van der Waals surface area (Å²) in [5.74, 6) is 1.88. The van der Waals surface area contributed by atoms with Crippen LogP contribution in [0.5, 0.6) is 5.75 Å². The minimum absolute atomic E-state index is 0.122. The zero-order valence-corrected chi connectivity index (χ0v) is 29.7. The summed E-state index contributed by atoms with van der Waals surface area (Å²) in [6, 6.07) is 46.0. The number of phenolic OH excluding ortho intramolecular Hbond substituents is 1. The van der Waals surface area contributed by atoms with Gasteiger partial charge in [-0.1, -0.05) is 126 Å². The first kappa shape index (κ1) is 32.8. The Kier molecular flexibility index (Phi) is 8.53. The number of aromatic nitrogens is 3. The number of aromatic hydroxyl groups is 1. The molecule has 0 unspecified atom stereocenters. The molecular formula is C45H44N4O. The van der Waals surface area contributed by atoms with Gasteiger partial charge in [0.15, 0.2) is 0 Å². The quantitative estimate of drug-likeness (QED) is 0.185. The van der Waals surface area contributed by atoms with Gasteiger partial charge in [-0.25, -0.2) is 9.97 Å². The Morgan fingerprint density at radius 2 is 1.32 bits per heavy atom. The van der Waals surface area contributed by atoms with Gasteiger partial charge < -0.3 is 9.67 Å². The van der Waals surface area contributed by atoms with Gasteiger partial charge in [-0.2, -0.15) is 0 Å². The Labute approximate surface area is 295 Å². The summed E-state index contributed by atoms with van der Waals surface area (Å²) in [5.41, 5.74) is 9.60. The van der Waals surface area contributed by atoms with E-state index in [2.05, 4.69) is 142 Å². The van der Waals surface area contributed by atoms with Gasteiger partial charge >= 0.3 is 0 Å². The first-order valence-corrected chi connectivity index (χ1v) is 17.3. The van der Waals surface area contributed by atoms with E-state index in [9.17, 15) is 5.11 Å². The SMILES string of the molecule is CC(C)(C)c1cc(-c2nc3c(-c4cccc(N(c5ccccc5)c5ccccn5)c4)cccc3n2Cc2ccccc2)c(O)c(C(C)(C)C)c1. The highest BCUT2D eigenvalue weighted by Crippen LogP contribution is 2.44. The molecule has 50 heavy (non-hydrogen) atoms. The highest BCUT2D eigenvalue weighted by molar-refractivity contribution is 5.96. The van der Waals surface area contributed by atoms with Crippen LogP contribution in [0.2, 0.25) is 0 Å². The summed E-state index contributed by atoms with van der Waals surface area (Å²) in [5, 5.41) is 12.0. The second-order valence-corrected chi connectivity index (χ2v) is 15.0. The van der Waals surface area contributed by atoms with Crippen LogP contribution < -0.4 is 4.90 Å². The van der Waals surface area contributed by atoms with Crippen LogP contribution in [0.25, 0.3) is 33.5 Å². The number of pyridine rings is 1. The molecule has 0 aliphatic carbocycles. The van der Waals surface area contributed by atoms with Crippen LogP contribution in [0.3, 0.4) is 0 Å². The van der Waals surface area contributed by atoms with Crippen molar-refractivity contribution in [2.24, 2.45) is 0 Å². The minimum atomic E-state index is -0.264. The Morgan fingerprint density at radius 1 is 0.640 bits per heavy atom. The third kappa shape index (κ3) is 6.39. The van der Waals surface area contributed by atoms with Crippen molar-refractivity contribution < 1.29 is 5.11 Å². The summed E-state index contributed by atoms with van der Waals surface area (Å²) in [7, 11) is 0. The number of fused-ring (bicyclic) bond motifs is 1. The monoisotopic (exact) mass is 656 g/mol. The lowest BCUT2D eigenvalue weighted by Gasteiger charge is -2.27. The molecule has 5 heteroatoms. The van der Waals surface area contributed by atoms with Crippen molar-refractivity contribution in [1.29, 1.82) is 0 Å². The van der Waals surface area contributed by atoms with Crippen molar-refractivity contribution in [1.82, 2.24) is 14.5 Å². The van der Waals surface area contributed by atoms with Crippen molar-refractivity contribution in [3.8, 4) is 28.3 Å². The Bertz CT molecular complexity index is 2220. The zero-order chi connectivity index (χ0) is 35.0. The molecule has 0 spiro atoms. The van der Waals surface area contributed by atoms with Crippen LogP contribution in [-0.4, -0.2) is 19.6 Å². The molecule has 0 amide bonds. The molecule has 7 aromatic rings. The van der Waals surface area contributed by atoms with Gasteiger partial charge in [0.1, 0.15) is 17.4 Å². The number of hydrogen-bond acceptors (Lipinski definition) is 4. The van der Waals surface area contributed by atoms with Crippen LogP contribution in [0.4, 0.5) is 17.2 Å². The highest BCUT2D eigenvalue weighted by Gasteiger charge is 2.28. The lowest BCUT2D eigenvalue weighted by molar-refractivity contribution is 0.446. The van der Waals surface area contributed by atoms with Crippen molar-refractivity contribution in [3.05, 3.63) is 156 Å². The summed E-state index contributed by atoms with van der Waals surface area (Å²) in [6.45, 7) is 13.7. The standard InChI is InChI=1S/C45H44N4O/c1-44(2,3)33-28-37(42(50)38(29-33)45(4,5)6)43-47-41-36(23-16-24-39(41)48(43)30-31-17-9-7-10-18-31)32-19-15-22-35(27-32)49(34-20-11-8-12-21-34)40-25-13-14-26-46-40/h7-29,50H,30H2,1-6H3. The van der Waals surface area contributed by atoms with Crippen LogP contribution in [0, 0.1) is 0 Å². The number of rotatable bonds is 7. The molecule has 5 aromatic carbocycles. The van der Waals surface area contributed by atoms with E-state index in [0.717, 1.165) is 67.4 Å². The Morgan fingerprint density at radius 3 is 2.00 bits per heavy atom. The van der Waals surface area contributed by atoms with Gasteiger partial charge in [0.05, 0.1) is 16.6 Å². The smallest absolute Gasteiger partial charge is 0.145 e. The zero-order valence-electron chi connectivity index (χ0n) is 29.7. The molecule has 1 N–H and O–H groups in total. The number of imidazole rings is 1. The van der Waals surface area contributed by atoms with E-state index in [1.807, 2.05) is 48.7 Å². The van der Waals surface area contributed by atoms with Gasteiger partial charge in [0.2, 0.25) is 0 Å². The maximum Gasteiger partial charge on any atom is 0.145 e. The number of nitrogens with zero attached hydrogens (tertiary/aromatic N) is 4. The van der Waals surface area contributed by atoms with Gasteiger partial charge in [-0.05, 0) is 76.1 Å². The van der Waals surface area contributed by atoms with E-state index in [4.69, 9.17) is 9.97 Å². The molecule has 0 aliphatic rings. The average Bonchev–Trinajstić information content (AvgIpc) is 3.47. The molecule has 5 nitrogen and oxygen atoms in total. The number of para-hydroxylation sites is 2. The molecule has 2 heterocycles. The number of benzene rings is 5. The number of anilines is 3. The lowest BCUT2D eigenvalue weighted by Crippen LogP contribution is -2.17. The largest absolute Gasteiger partial charge is 0.507 e. The number of hydrogen-bond donors (Lipinski definition) is 1. The van der Waals surface area contributed by atoms with E-state index in [0.29, 0.717) is 6.54 Å². The van der Waals surface area contributed by atoms with E-state index in [1.54, 1.807) is 0 Å².